The zero-order valence-corrected chi connectivity index (χ0v) is 8.54. The molecule has 0 fully saturated rings. The van der Waals surface area contributed by atoms with Gasteiger partial charge in [-0.25, -0.2) is 9.48 Å². The van der Waals surface area contributed by atoms with Crippen LogP contribution in [0.4, 0.5) is 0 Å². The van der Waals surface area contributed by atoms with Crippen LogP contribution in [0.2, 0.25) is 0 Å². The van der Waals surface area contributed by atoms with E-state index in [-0.39, 0.29) is 5.97 Å². The zero-order valence-electron chi connectivity index (χ0n) is 8.54. The van der Waals surface area contributed by atoms with Gasteiger partial charge < -0.3 is 4.74 Å². The number of methoxy groups -OCH3 is 1. The zero-order chi connectivity index (χ0) is 10.8. The van der Waals surface area contributed by atoms with Crippen molar-refractivity contribution in [2.75, 3.05) is 7.11 Å². The van der Waals surface area contributed by atoms with E-state index in [9.17, 15) is 4.79 Å². The fourth-order valence-corrected chi connectivity index (χ4v) is 1.44. The normalized spacial score (nSPS) is 12.7. The highest BCUT2D eigenvalue weighted by molar-refractivity contribution is 5.79. The van der Waals surface area contributed by atoms with Gasteiger partial charge in [-0.1, -0.05) is 17.3 Å². The number of benzene rings is 1. The van der Waals surface area contributed by atoms with Crippen LogP contribution in [0.5, 0.6) is 0 Å². The van der Waals surface area contributed by atoms with Crippen LogP contribution in [-0.4, -0.2) is 28.1 Å². The summed E-state index contributed by atoms with van der Waals surface area (Å²) in [5, 5.41) is 7.89. The van der Waals surface area contributed by atoms with E-state index in [4.69, 9.17) is 0 Å². The molecule has 15 heavy (non-hydrogen) atoms. The van der Waals surface area contributed by atoms with E-state index in [0.717, 1.165) is 11.0 Å². The number of carbonyl (C=O) groups excluding carboxylic acids is 1. The molecule has 78 valence electrons. The molecule has 1 atom stereocenters. The van der Waals surface area contributed by atoms with Crippen LogP contribution in [0.25, 0.3) is 11.0 Å². The highest BCUT2D eigenvalue weighted by atomic mass is 16.5. The third-order valence-corrected chi connectivity index (χ3v) is 2.29. The molecule has 0 saturated heterocycles. The Labute approximate surface area is 86.6 Å². The fourth-order valence-electron chi connectivity index (χ4n) is 1.44. The van der Waals surface area contributed by atoms with E-state index in [1.54, 1.807) is 11.6 Å². The van der Waals surface area contributed by atoms with Gasteiger partial charge in [-0.3, -0.25) is 0 Å². The Kier molecular flexibility index (Phi) is 2.37. The van der Waals surface area contributed by atoms with Crippen LogP contribution >= 0.6 is 0 Å². The van der Waals surface area contributed by atoms with Crippen LogP contribution in [0.3, 0.4) is 0 Å². The van der Waals surface area contributed by atoms with Gasteiger partial charge in [-0.05, 0) is 19.1 Å². The van der Waals surface area contributed by atoms with Crippen LogP contribution in [0.15, 0.2) is 24.3 Å². The molecule has 0 aliphatic heterocycles. The maximum atomic E-state index is 11.3. The van der Waals surface area contributed by atoms with Crippen molar-refractivity contribution in [3.05, 3.63) is 24.3 Å². The SMILES string of the molecule is COC(=O)[C@H](C)n1nnc2ccccc21. The van der Waals surface area contributed by atoms with Crippen LogP contribution < -0.4 is 0 Å². The molecule has 2 aromatic rings. The maximum absolute atomic E-state index is 11.3. The largest absolute Gasteiger partial charge is 0.467 e. The predicted molar refractivity (Wildman–Crippen MR) is 54.3 cm³/mol. The van der Waals surface area contributed by atoms with Gasteiger partial charge in [0.2, 0.25) is 0 Å². The molecule has 0 aliphatic rings. The number of nitrogens with zero attached hydrogens (tertiary/aromatic N) is 3. The van der Waals surface area contributed by atoms with Crippen molar-refractivity contribution in [2.45, 2.75) is 13.0 Å². The number of hydrogen-bond acceptors (Lipinski definition) is 4. The van der Waals surface area contributed by atoms with E-state index in [1.165, 1.54) is 7.11 Å². The fraction of sp³-hybridized carbons (Fsp3) is 0.300. The Morgan fingerprint density at radius 3 is 2.93 bits per heavy atom. The summed E-state index contributed by atoms with van der Waals surface area (Å²) in [5.74, 6) is -0.328. The van der Waals surface area contributed by atoms with Crippen molar-refractivity contribution < 1.29 is 9.53 Å². The Morgan fingerprint density at radius 2 is 2.20 bits per heavy atom. The average Bonchev–Trinajstić information content (AvgIpc) is 2.70. The Bertz CT molecular complexity index is 492. The van der Waals surface area contributed by atoms with Gasteiger partial charge in [0, 0.05) is 0 Å². The standard InChI is InChI=1S/C10H11N3O2/c1-7(10(14)15-2)13-9-6-4-3-5-8(9)11-12-13/h3-7H,1-2H3/t7-/m0/s1. The topological polar surface area (TPSA) is 57.0 Å². The van der Waals surface area contributed by atoms with Gasteiger partial charge in [-0.2, -0.15) is 0 Å². The summed E-state index contributed by atoms with van der Waals surface area (Å²) < 4.78 is 6.21. The van der Waals surface area contributed by atoms with Gasteiger partial charge >= 0.3 is 5.97 Å². The molecular weight excluding hydrogens is 194 g/mol. The van der Waals surface area contributed by atoms with Crippen molar-refractivity contribution in [2.24, 2.45) is 0 Å². The molecule has 5 heteroatoms. The molecule has 2 rings (SSSR count). The highest BCUT2D eigenvalue weighted by Crippen LogP contribution is 2.15. The summed E-state index contributed by atoms with van der Waals surface area (Å²) in [7, 11) is 1.36. The number of esters is 1. The van der Waals surface area contributed by atoms with Gasteiger partial charge in [0.25, 0.3) is 0 Å². The third-order valence-electron chi connectivity index (χ3n) is 2.29. The minimum absolute atomic E-state index is 0.328. The van der Waals surface area contributed by atoms with Crippen molar-refractivity contribution in [1.29, 1.82) is 0 Å². The van der Waals surface area contributed by atoms with Gasteiger partial charge in [-0.15, -0.1) is 5.10 Å². The van der Waals surface area contributed by atoms with Crippen LogP contribution in [0, 0.1) is 0 Å². The first kappa shape index (κ1) is 9.64. The molecular formula is C10H11N3O2. The number of hydrogen-bond donors (Lipinski definition) is 0. The molecule has 0 unspecified atom stereocenters. The number of carbonyl (C=O) groups is 1. The monoisotopic (exact) mass is 205 g/mol. The summed E-state index contributed by atoms with van der Waals surface area (Å²) in [6.45, 7) is 1.73. The van der Waals surface area contributed by atoms with Crippen LogP contribution in [-0.2, 0) is 9.53 Å². The van der Waals surface area contributed by atoms with E-state index >= 15 is 0 Å². The second-order valence-corrected chi connectivity index (χ2v) is 3.22. The summed E-state index contributed by atoms with van der Waals surface area (Å²) in [6.07, 6.45) is 0. The Balaban J connectivity index is 2.48. The van der Waals surface area contributed by atoms with E-state index in [1.807, 2.05) is 24.3 Å². The summed E-state index contributed by atoms with van der Waals surface area (Å²) in [6, 6.07) is 7.02. The molecule has 5 nitrogen and oxygen atoms in total. The lowest BCUT2D eigenvalue weighted by Gasteiger charge is -2.09. The first-order chi connectivity index (χ1) is 7.24. The minimum Gasteiger partial charge on any atom is -0.467 e. The quantitative estimate of drug-likeness (QED) is 0.690. The van der Waals surface area contributed by atoms with E-state index in [0.29, 0.717) is 0 Å². The smallest absolute Gasteiger partial charge is 0.330 e. The Hall–Kier alpha value is -1.91. The molecule has 1 aromatic heterocycles. The lowest BCUT2D eigenvalue weighted by molar-refractivity contribution is -0.144. The summed E-state index contributed by atoms with van der Waals surface area (Å²) in [4.78, 5) is 11.3. The average molecular weight is 205 g/mol. The third kappa shape index (κ3) is 1.56. The molecule has 0 spiro atoms. The second-order valence-electron chi connectivity index (χ2n) is 3.22. The first-order valence-corrected chi connectivity index (χ1v) is 4.62. The van der Waals surface area contributed by atoms with E-state index in [2.05, 4.69) is 15.0 Å². The van der Waals surface area contributed by atoms with Crippen molar-refractivity contribution in [3.63, 3.8) is 0 Å². The molecule has 0 aliphatic carbocycles. The molecule has 0 amide bonds. The molecule has 0 radical (unpaired) electrons. The molecule has 0 bridgehead atoms. The minimum atomic E-state index is -0.456. The number of aromatic nitrogens is 3. The molecule has 0 N–H and O–H groups in total. The number of para-hydroxylation sites is 1. The van der Waals surface area contributed by atoms with Crippen molar-refractivity contribution >= 4 is 17.0 Å². The number of fused-ring (bicyclic) bond motifs is 1. The van der Waals surface area contributed by atoms with Crippen molar-refractivity contribution in [1.82, 2.24) is 15.0 Å². The molecule has 1 heterocycles. The highest BCUT2D eigenvalue weighted by Gasteiger charge is 2.18. The van der Waals surface area contributed by atoms with Crippen molar-refractivity contribution in [3.8, 4) is 0 Å². The predicted octanol–water partition coefficient (Wildman–Crippen LogP) is 1.17. The Morgan fingerprint density at radius 1 is 1.47 bits per heavy atom. The van der Waals surface area contributed by atoms with Gasteiger partial charge in [0.15, 0.2) is 0 Å². The molecule has 0 saturated carbocycles. The second kappa shape index (κ2) is 3.68. The first-order valence-electron chi connectivity index (χ1n) is 4.62. The van der Waals surface area contributed by atoms with Crippen LogP contribution in [0.1, 0.15) is 13.0 Å². The number of ether oxygens (including phenoxy) is 1. The molecule has 1 aromatic carbocycles. The van der Waals surface area contributed by atoms with E-state index < -0.39 is 6.04 Å². The van der Waals surface area contributed by atoms with Gasteiger partial charge in [0.05, 0.1) is 12.6 Å². The lowest BCUT2D eigenvalue weighted by Crippen LogP contribution is -2.18. The number of rotatable bonds is 2. The maximum Gasteiger partial charge on any atom is 0.330 e. The van der Waals surface area contributed by atoms with Gasteiger partial charge in [0.1, 0.15) is 11.6 Å². The lowest BCUT2D eigenvalue weighted by atomic mass is 10.3. The summed E-state index contributed by atoms with van der Waals surface area (Å²) >= 11 is 0. The summed E-state index contributed by atoms with van der Waals surface area (Å²) in [5.41, 5.74) is 1.60.